The Morgan fingerprint density at radius 1 is 1.40 bits per heavy atom. The number of hydrogen-bond donors (Lipinski definition) is 1. The Morgan fingerprint density at radius 2 is 2.20 bits per heavy atom. The van der Waals surface area contributed by atoms with E-state index in [1.807, 2.05) is 0 Å². The lowest BCUT2D eigenvalue weighted by Gasteiger charge is -2.27. The largest absolute Gasteiger partial charge is 0.383 e. The summed E-state index contributed by atoms with van der Waals surface area (Å²) in [5, 5.41) is 0. The molecule has 0 aliphatic carbocycles. The third-order valence-electron chi connectivity index (χ3n) is 4.09. The van der Waals surface area contributed by atoms with E-state index in [2.05, 4.69) is 4.72 Å². The topological polar surface area (TPSA) is 84.9 Å². The summed E-state index contributed by atoms with van der Waals surface area (Å²) in [6, 6.07) is 6.06. The number of benzene rings is 1. The highest BCUT2D eigenvalue weighted by molar-refractivity contribution is 7.89. The third kappa shape index (κ3) is 5.78. The van der Waals surface area contributed by atoms with Crippen molar-refractivity contribution in [2.24, 2.45) is 0 Å². The first-order valence-corrected chi connectivity index (χ1v) is 9.88. The maximum Gasteiger partial charge on any atom is 0.253 e. The van der Waals surface area contributed by atoms with Gasteiger partial charge in [0.1, 0.15) is 0 Å². The first kappa shape index (κ1) is 19.8. The first-order chi connectivity index (χ1) is 11.9. The van der Waals surface area contributed by atoms with Crippen LogP contribution in [0.1, 0.15) is 29.6 Å². The monoisotopic (exact) mass is 370 g/mol. The molecule has 25 heavy (non-hydrogen) atoms. The minimum atomic E-state index is -3.67. The summed E-state index contributed by atoms with van der Waals surface area (Å²) >= 11 is 0. The van der Waals surface area contributed by atoms with Crippen LogP contribution < -0.4 is 4.72 Å². The number of nitrogens with zero attached hydrogens (tertiary/aromatic N) is 1. The average Bonchev–Trinajstić information content (AvgIpc) is 2.62. The molecule has 1 aromatic carbocycles. The van der Waals surface area contributed by atoms with Crippen LogP contribution in [0.5, 0.6) is 0 Å². The van der Waals surface area contributed by atoms with Crippen molar-refractivity contribution in [2.45, 2.75) is 30.3 Å². The molecular formula is C17H26N2O5S. The summed E-state index contributed by atoms with van der Waals surface area (Å²) in [7, 11) is -0.461. The molecule has 1 atom stereocenters. The van der Waals surface area contributed by atoms with Crippen LogP contribution in [0.4, 0.5) is 0 Å². The summed E-state index contributed by atoms with van der Waals surface area (Å²) in [5.41, 5.74) is 0.341. The average molecular weight is 370 g/mol. The molecule has 1 aromatic rings. The number of methoxy groups -OCH3 is 1. The van der Waals surface area contributed by atoms with E-state index in [9.17, 15) is 13.2 Å². The van der Waals surface area contributed by atoms with Gasteiger partial charge in [-0.15, -0.1) is 0 Å². The number of likely N-dealkylation sites (N-methyl/N-ethyl adjacent to an activating group) is 1. The van der Waals surface area contributed by atoms with Crippen LogP contribution >= 0.6 is 0 Å². The van der Waals surface area contributed by atoms with E-state index in [4.69, 9.17) is 9.47 Å². The van der Waals surface area contributed by atoms with E-state index in [0.717, 1.165) is 25.9 Å². The molecule has 1 amide bonds. The molecule has 2 rings (SSSR count). The zero-order valence-corrected chi connectivity index (χ0v) is 15.5. The van der Waals surface area contributed by atoms with E-state index < -0.39 is 10.0 Å². The van der Waals surface area contributed by atoms with Crippen LogP contribution in [-0.4, -0.2) is 65.8 Å². The van der Waals surface area contributed by atoms with E-state index >= 15 is 0 Å². The molecule has 0 saturated carbocycles. The molecule has 0 radical (unpaired) electrons. The summed E-state index contributed by atoms with van der Waals surface area (Å²) in [5.74, 6) is -0.219. The van der Waals surface area contributed by atoms with Gasteiger partial charge in [-0.25, -0.2) is 13.1 Å². The molecule has 1 aliphatic rings. The highest BCUT2D eigenvalue weighted by Gasteiger charge is 2.21. The third-order valence-corrected chi connectivity index (χ3v) is 5.55. The fourth-order valence-corrected chi connectivity index (χ4v) is 3.78. The van der Waals surface area contributed by atoms with Gasteiger partial charge in [-0.05, 0) is 37.5 Å². The number of rotatable bonds is 8. The standard InChI is InChI=1S/C17H26N2O5S/c1-19(13-15-7-3-4-10-24-15)17(20)14-6-5-8-16(12-14)25(21,22)18-9-11-23-2/h5-6,8,12,15,18H,3-4,7,9-11,13H2,1-2H3/t15-/m0/s1. The Balaban J connectivity index is 2.04. The van der Waals surface area contributed by atoms with Gasteiger partial charge in [-0.3, -0.25) is 4.79 Å². The quantitative estimate of drug-likeness (QED) is 0.696. The van der Waals surface area contributed by atoms with Gasteiger partial charge in [0.25, 0.3) is 5.91 Å². The van der Waals surface area contributed by atoms with Gasteiger partial charge in [0.2, 0.25) is 10.0 Å². The Labute approximate surface area is 149 Å². The van der Waals surface area contributed by atoms with Gasteiger partial charge in [0.05, 0.1) is 17.6 Å². The maximum atomic E-state index is 12.6. The summed E-state index contributed by atoms with van der Waals surface area (Å²) in [6.45, 7) is 1.69. The normalized spacial score (nSPS) is 18.1. The molecule has 7 nitrogen and oxygen atoms in total. The van der Waals surface area contributed by atoms with Crippen LogP contribution in [0.3, 0.4) is 0 Å². The van der Waals surface area contributed by atoms with Crippen LogP contribution in [0, 0.1) is 0 Å². The van der Waals surface area contributed by atoms with Crippen molar-refractivity contribution in [3.8, 4) is 0 Å². The van der Waals surface area contributed by atoms with E-state index in [1.54, 1.807) is 24.1 Å². The van der Waals surface area contributed by atoms with Gasteiger partial charge < -0.3 is 14.4 Å². The summed E-state index contributed by atoms with van der Waals surface area (Å²) < 4.78 is 37.4. The first-order valence-electron chi connectivity index (χ1n) is 8.40. The van der Waals surface area contributed by atoms with Gasteiger partial charge in [-0.1, -0.05) is 6.07 Å². The van der Waals surface area contributed by atoms with Gasteiger partial charge in [-0.2, -0.15) is 0 Å². The maximum absolute atomic E-state index is 12.6. The van der Waals surface area contributed by atoms with Crippen molar-refractivity contribution < 1.29 is 22.7 Å². The summed E-state index contributed by atoms with van der Waals surface area (Å²) in [4.78, 5) is 14.2. The van der Waals surface area contributed by atoms with Crippen LogP contribution in [0.2, 0.25) is 0 Å². The molecule has 1 N–H and O–H groups in total. The molecule has 1 saturated heterocycles. The smallest absolute Gasteiger partial charge is 0.253 e. The van der Waals surface area contributed by atoms with Gasteiger partial charge in [0, 0.05) is 39.4 Å². The molecule has 1 aliphatic heterocycles. The van der Waals surface area contributed by atoms with Crippen molar-refractivity contribution >= 4 is 15.9 Å². The number of carbonyl (C=O) groups excluding carboxylic acids is 1. The fraction of sp³-hybridized carbons (Fsp3) is 0.588. The Kier molecular flexibility index (Phi) is 7.37. The van der Waals surface area contributed by atoms with E-state index in [-0.39, 0.29) is 30.1 Å². The van der Waals surface area contributed by atoms with E-state index in [1.165, 1.54) is 19.2 Å². The van der Waals surface area contributed by atoms with E-state index in [0.29, 0.717) is 12.1 Å². The van der Waals surface area contributed by atoms with Crippen molar-refractivity contribution in [1.82, 2.24) is 9.62 Å². The van der Waals surface area contributed by atoms with Gasteiger partial charge >= 0.3 is 0 Å². The Hall–Kier alpha value is -1.48. The lowest BCUT2D eigenvalue weighted by Crippen LogP contribution is -2.37. The number of amides is 1. The summed E-state index contributed by atoms with van der Waals surface area (Å²) in [6.07, 6.45) is 3.15. The van der Waals surface area contributed by atoms with Crippen molar-refractivity contribution in [3.63, 3.8) is 0 Å². The number of hydrogen-bond acceptors (Lipinski definition) is 5. The second-order valence-corrected chi connectivity index (χ2v) is 7.86. The lowest BCUT2D eigenvalue weighted by molar-refractivity contribution is -0.000192. The molecule has 0 spiro atoms. The zero-order chi connectivity index (χ0) is 18.3. The van der Waals surface area contributed by atoms with Crippen LogP contribution in [0.25, 0.3) is 0 Å². The fourth-order valence-electron chi connectivity index (χ4n) is 2.72. The second kappa shape index (κ2) is 9.28. The number of carbonyl (C=O) groups is 1. The zero-order valence-electron chi connectivity index (χ0n) is 14.7. The number of sulfonamides is 1. The lowest BCUT2D eigenvalue weighted by atomic mass is 10.1. The number of nitrogens with one attached hydrogen (secondary N) is 1. The molecule has 0 bridgehead atoms. The molecular weight excluding hydrogens is 344 g/mol. The van der Waals surface area contributed by atoms with Crippen LogP contribution in [-0.2, 0) is 19.5 Å². The highest BCUT2D eigenvalue weighted by Crippen LogP contribution is 2.16. The predicted octanol–water partition coefficient (Wildman–Crippen LogP) is 1.25. The molecule has 8 heteroatoms. The van der Waals surface area contributed by atoms with Crippen molar-refractivity contribution in [2.75, 3.05) is 40.5 Å². The molecule has 1 heterocycles. The van der Waals surface area contributed by atoms with Crippen LogP contribution in [0.15, 0.2) is 29.2 Å². The molecule has 0 aromatic heterocycles. The molecule has 140 valence electrons. The predicted molar refractivity (Wildman–Crippen MR) is 94.1 cm³/mol. The minimum Gasteiger partial charge on any atom is -0.383 e. The minimum absolute atomic E-state index is 0.0466. The highest BCUT2D eigenvalue weighted by atomic mass is 32.2. The SMILES string of the molecule is COCCNS(=O)(=O)c1cccc(C(=O)N(C)C[C@@H]2CCCCO2)c1. The second-order valence-electron chi connectivity index (χ2n) is 6.09. The Morgan fingerprint density at radius 3 is 2.88 bits per heavy atom. The van der Waals surface area contributed by atoms with Crippen molar-refractivity contribution in [1.29, 1.82) is 0 Å². The molecule has 1 fully saturated rings. The van der Waals surface area contributed by atoms with Crippen molar-refractivity contribution in [3.05, 3.63) is 29.8 Å². The Bertz CT molecular complexity index is 671. The molecule has 0 unspecified atom stereocenters. The van der Waals surface area contributed by atoms with Gasteiger partial charge in [0.15, 0.2) is 0 Å². The number of ether oxygens (including phenoxy) is 2.